The maximum Gasteiger partial charge on any atom is 0.191 e. The van der Waals surface area contributed by atoms with Gasteiger partial charge in [-0.25, -0.2) is 9.97 Å². The molecule has 5 nitrogen and oxygen atoms in total. The van der Waals surface area contributed by atoms with Crippen molar-refractivity contribution < 1.29 is 0 Å². The van der Waals surface area contributed by atoms with Gasteiger partial charge in [0.1, 0.15) is 0 Å². The molecule has 0 radical (unpaired) electrons. The summed E-state index contributed by atoms with van der Waals surface area (Å²) in [5.41, 5.74) is 3.95. The fraction of sp³-hybridized carbons (Fsp3) is 0.0476. The van der Waals surface area contributed by atoms with Crippen LogP contribution in [0.5, 0.6) is 0 Å². The third-order valence-electron chi connectivity index (χ3n) is 4.30. The van der Waals surface area contributed by atoms with E-state index in [1.165, 1.54) is 5.56 Å². The second kappa shape index (κ2) is 6.81. The lowest BCUT2D eigenvalue weighted by Crippen LogP contribution is -1.98. The van der Waals surface area contributed by atoms with E-state index in [1.807, 2.05) is 83.6 Å². The van der Waals surface area contributed by atoms with E-state index in [9.17, 15) is 0 Å². The molecule has 5 aromatic rings. The van der Waals surface area contributed by atoms with Gasteiger partial charge in [-0.05, 0) is 29.8 Å². The number of para-hydroxylation sites is 1. The number of benzene rings is 2. The van der Waals surface area contributed by atoms with Crippen molar-refractivity contribution in [3.63, 3.8) is 0 Å². The molecule has 0 saturated heterocycles. The number of pyridine rings is 1. The summed E-state index contributed by atoms with van der Waals surface area (Å²) in [5.74, 6) is 1.50. The Bertz CT molecular complexity index is 1220. The van der Waals surface area contributed by atoms with Crippen molar-refractivity contribution in [2.75, 3.05) is 0 Å². The van der Waals surface area contributed by atoms with E-state index >= 15 is 0 Å². The quantitative estimate of drug-likeness (QED) is 0.341. The van der Waals surface area contributed by atoms with Gasteiger partial charge in [0.2, 0.25) is 0 Å². The molecule has 2 aromatic carbocycles. The van der Waals surface area contributed by atoms with Crippen LogP contribution in [0.4, 0.5) is 0 Å². The third kappa shape index (κ3) is 3.04. The Kier molecular flexibility index (Phi) is 4.03. The van der Waals surface area contributed by atoms with Crippen molar-refractivity contribution in [1.82, 2.24) is 24.6 Å². The Morgan fingerprint density at radius 2 is 1.59 bits per heavy atom. The minimum absolute atomic E-state index is 0.708. The molecule has 0 bridgehead atoms. The molecule has 3 heterocycles. The fourth-order valence-electron chi connectivity index (χ4n) is 2.96. The van der Waals surface area contributed by atoms with Gasteiger partial charge in [-0.15, -0.1) is 5.10 Å². The van der Waals surface area contributed by atoms with Gasteiger partial charge in [0.15, 0.2) is 16.6 Å². The smallest absolute Gasteiger partial charge is 0.191 e. The van der Waals surface area contributed by atoms with Gasteiger partial charge in [-0.3, -0.25) is 4.98 Å². The first kappa shape index (κ1) is 16.0. The summed E-state index contributed by atoms with van der Waals surface area (Å²) in [6.07, 6.45) is 3.62. The first-order chi connectivity index (χ1) is 13.4. The lowest BCUT2D eigenvalue weighted by atomic mass is 10.2. The lowest BCUT2D eigenvalue weighted by Gasteiger charge is -2.06. The molecule has 0 aliphatic rings. The second-order valence-electron chi connectivity index (χ2n) is 6.09. The molecule has 0 aliphatic carbocycles. The number of thioether (sulfide) groups is 1. The molecule has 3 aromatic heterocycles. The monoisotopic (exact) mass is 369 g/mol. The van der Waals surface area contributed by atoms with Crippen LogP contribution in [-0.2, 0) is 5.75 Å². The molecule has 0 saturated carbocycles. The van der Waals surface area contributed by atoms with E-state index in [-0.39, 0.29) is 0 Å². The molecular weight excluding hydrogens is 354 g/mol. The molecule has 27 heavy (non-hydrogen) atoms. The van der Waals surface area contributed by atoms with Gasteiger partial charge in [0.05, 0.1) is 5.52 Å². The summed E-state index contributed by atoms with van der Waals surface area (Å²) in [7, 11) is 0. The predicted molar refractivity (Wildman–Crippen MR) is 108 cm³/mol. The summed E-state index contributed by atoms with van der Waals surface area (Å²) in [6.45, 7) is 0. The van der Waals surface area contributed by atoms with Crippen LogP contribution < -0.4 is 0 Å². The SMILES string of the molecule is c1ccc(-c2nc3c4ccccc4nc(SCc4ccncc4)n3n2)cc1. The molecule has 0 atom stereocenters. The maximum absolute atomic E-state index is 4.83. The Hall–Kier alpha value is -3.25. The highest BCUT2D eigenvalue weighted by Gasteiger charge is 2.14. The van der Waals surface area contributed by atoms with Gasteiger partial charge >= 0.3 is 0 Å². The molecular formula is C21H15N5S. The highest BCUT2D eigenvalue weighted by atomic mass is 32.2. The van der Waals surface area contributed by atoms with E-state index in [1.54, 1.807) is 11.8 Å². The minimum atomic E-state index is 0.708. The van der Waals surface area contributed by atoms with Crippen LogP contribution in [0.25, 0.3) is 27.9 Å². The number of aromatic nitrogens is 5. The molecule has 130 valence electrons. The van der Waals surface area contributed by atoms with Crippen LogP contribution in [0.15, 0.2) is 84.3 Å². The number of hydrogen-bond acceptors (Lipinski definition) is 5. The predicted octanol–water partition coefficient (Wildman–Crippen LogP) is 4.63. The van der Waals surface area contributed by atoms with Crippen LogP contribution in [0.2, 0.25) is 0 Å². The van der Waals surface area contributed by atoms with E-state index in [2.05, 4.69) is 4.98 Å². The zero-order chi connectivity index (χ0) is 18.1. The standard InChI is InChI=1S/C21H15N5S/c1-2-6-16(7-3-1)19-24-20-17-8-4-5-9-18(17)23-21(26(20)25-19)27-14-15-10-12-22-13-11-15/h1-13H,14H2. The Morgan fingerprint density at radius 3 is 2.44 bits per heavy atom. The number of fused-ring (bicyclic) bond motifs is 3. The topological polar surface area (TPSA) is 56.0 Å². The average Bonchev–Trinajstić information content (AvgIpc) is 3.19. The third-order valence-corrected chi connectivity index (χ3v) is 5.30. The summed E-state index contributed by atoms with van der Waals surface area (Å²) in [5, 5.41) is 6.58. The normalized spacial score (nSPS) is 11.3. The van der Waals surface area contributed by atoms with Crippen molar-refractivity contribution in [2.45, 2.75) is 10.9 Å². The van der Waals surface area contributed by atoms with Crippen molar-refractivity contribution in [1.29, 1.82) is 0 Å². The van der Waals surface area contributed by atoms with E-state index in [0.717, 1.165) is 33.0 Å². The maximum atomic E-state index is 4.83. The minimum Gasteiger partial charge on any atom is -0.265 e. The van der Waals surface area contributed by atoms with Crippen LogP contribution >= 0.6 is 11.8 Å². The molecule has 0 amide bonds. The summed E-state index contributed by atoms with van der Waals surface area (Å²) >= 11 is 1.65. The van der Waals surface area contributed by atoms with Gasteiger partial charge in [-0.1, -0.05) is 54.2 Å². The zero-order valence-corrected chi connectivity index (χ0v) is 15.2. The van der Waals surface area contributed by atoms with Crippen LogP contribution in [0, 0.1) is 0 Å². The first-order valence-corrected chi connectivity index (χ1v) is 9.60. The van der Waals surface area contributed by atoms with Crippen LogP contribution in [0.3, 0.4) is 0 Å². The van der Waals surface area contributed by atoms with Crippen molar-refractivity contribution in [3.05, 3.63) is 84.7 Å². The highest BCUT2D eigenvalue weighted by Crippen LogP contribution is 2.27. The summed E-state index contributed by atoms with van der Waals surface area (Å²) in [6, 6.07) is 22.1. The Labute approximate surface area is 160 Å². The van der Waals surface area contributed by atoms with Crippen molar-refractivity contribution >= 4 is 28.3 Å². The fourth-order valence-corrected chi connectivity index (χ4v) is 3.86. The Balaban J connectivity index is 1.65. The highest BCUT2D eigenvalue weighted by molar-refractivity contribution is 7.98. The lowest BCUT2D eigenvalue weighted by molar-refractivity contribution is 0.811. The van der Waals surface area contributed by atoms with Crippen LogP contribution in [0.1, 0.15) is 5.56 Å². The summed E-state index contributed by atoms with van der Waals surface area (Å²) < 4.78 is 1.86. The van der Waals surface area contributed by atoms with Crippen LogP contribution in [-0.4, -0.2) is 24.6 Å². The van der Waals surface area contributed by atoms with Gasteiger partial charge < -0.3 is 0 Å². The molecule has 0 aliphatic heterocycles. The largest absolute Gasteiger partial charge is 0.265 e. The molecule has 0 spiro atoms. The molecule has 0 N–H and O–H groups in total. The van der Waals surface area contributed by atoms with E-state index in [0.29, 0.717) is 5.82 Å². The number of nitrogens with zero attached hydrogens (tertiary/aromatic N) is 5. The molecule has 0 unspecified atom stereocenters. The van der Waals surface area contributed by atoms with Gasteiger partial charge in [0, 0.05) is 29.1 Å². The van der Waals surface area contributed by atoms with Crippen molar-refractivity contribution in [3.8, 4) is 11.4 Å². The Morgan fingerprint density at radius 1 is 0.815 bits per heavy atom. The molecule has 0 fully saturated rings. The van der Waals surface area contributed by atoms with E-state index < -0.39 is 0 Å². The first-order valence-electron chi connectivity index (χ1n) is 8.61. The van der Waals surface area contributed by atoms with Gasteiger partial charge in [-0.2, -0.15) is 4.52 Å². The molecule has 6 heteroatoms. The van der Waals surface area contributed by atoms with Crippen molar-refractivity contribution in [2.24, 2.45) is 0 Å². The number of rotatable bonds is 4. The zero-order valence-electron chi connectivity index (χ0n) is 14.4. The van der Waals surface area contributed by atoms with E-state index in [4.69, 9.17) is 15.1 Å². The summed E-state index contributed by atoms with van der Waals surface area (Å²) in [4.78, 5) is 13.7. The van der Waals surface area contributed by atoms with Gasteiger partial charge in [0.25, 0.3) is 0 Å². The second-order valence-corrected chi connectivity index (χ2v) is 7.04. The molecule has 5 rings (SSSR count). The average molecular weight is 369 g/mol. The number of hydrogen-bond donors (Lipinski definition) is 0.